The molecule has 0 atom stereocenters. The highest BCUT2D eigenvalue weighted by atomic mass is 19.1. The Bertz CT molecular complexity index is 897. The highest BCUT2D eigenvalue weighted by Crippen LogP contribution is 2.40. The monoisotopic (exact) mass is 404 g/mol. The molecule has 2 heterocycles. The lowest BCUT2D eigenvalue weighted by molar-refractivity contribution is -0.223. The first-order valence-corrected chi connectivity index (χ1v) is 9.82. The van der Waals surface area contributed by atoms with Gasteiger partial charge in [-0.2, -0.15) is 0 Å². The van der Waals surface area contributed by atoms with Gasteiger partial charge in [0.25, 0.3) is 0 Å². The van der Waals surface area contributed by atoms with Crippen LogP contribution < -0.4 is 0 Å². The van der Waals surface area contributed by atoms with Gasteiger partial charge in [0, 0.05) is 37.2 Å². The second kappa shape index (κ2) is 8.16. The molecule has 29 heavy (non-hydrogen) atoms. The largest absolute Gasteiger partial charge is 0.299 e. The average Bonchev–Trinajstić information content (AvgIpc) is 3.01. The van der Waals surface area contributed by atoms with Crippen LogP contribution >= 0.6 is 0 Å². The fraction of sp³-hybridized carbons (Fsp3) is 0.409. The average molecular weight is 404 g/mol. The van der Waals surface area contributed by atoms with Crippen LogP contribution in [0.5, 0.6) is 0 Å². The number of hydroxylamine groups is 2. The summed E-state index contributed by atoms with van der Waals surface area (Å²) in [5.41, 5.74) is 0.316. The zero-order chi connectivity index (χ0) is 20.4. The van der Waals surface area contributed by atoms with Gasteiger partial charge in [0.15, 0.2) is 0 Å². The number of nitrogens with zero attached hydrogens (tertiary/aromatic N) is 2. The van der Waals surface area contributed by atoms with Crippen molar-refractivity contribution in [2.45, 2.75) is 44.4 Å². The van der Waals surface area contributed by atoms with Crippen LogP contribution in [0.15, 0.2) is 42.5 Å². The minimum atomic E-state index is -0.455. The number of benzene rings is 2. The summed E-state index contributed by atoms with van der Waals surface area (Å²) in [6.07, 6.45) is 2.43. The van der Waals surface area contributed by atoms with Gasteiger partial charge in [-0.15, -0.1) is 0 Å². The summed E-state index contributed by atoms with van der Waals surface area (Å²) in [6, 6.07) is 9.82. The Morgan fingerprint density at radius 1 is 0.931 bits per heavy atom. The second-order valence-corrected chi connectivity index (χ2v) is 7.79. The molecule has 4 rings (SSSR count). The summed E-state index contributed by atoms with van der Waals surface area (Å²) in [4.78, 5) is 20.2. The molecule has 154 valence electrons. The van der Waals surface area contributed by atoms with Crippen molar-refractivity contribution in [3.8, 4) is 0 Å². The topological polar surface area (TPSA) is 32.8 Å². The number of amides is 1. The van der Waals surface area contributed by atoms with Crippen molar-refractivity contribution in [3.63, 3.8) is 0 Å². The maximum Gasteiger partial charge on any atom is 0.246 e. The van der Waals surface area contributed by atoms with Crippen molar-refractivity contribution < 1.29 is 22.8 Å². The van der Waals surface area contributed by atoms with Gasteiger partial charge in [-0.05, 0) is 43.5 Å². The zero-order valence-electron chi connectivity index (χ0n) is 16.0. The molecule has 2 saturated heterocycles. The fourth-order valence-corrected chi connectivity index (χ4v) is 4.25. The number of rotatable bonds is 5. The molecule has 2 aliphatic heterocycles. The quantitative estimate of drug-likeness (QED) is 0.749. The molecular formula is C22H23F3N2O2. The molecule has 0 N–H and O–H groups in total. The van der Waals surface area contributed by atoms with E-state index >= 15 is 0 Å². The molecule has 1 spiro atoms. The van der Waals surface area contributed by atoms with Crippen molar-refractivity contribution in [3.05, 3.63) is 71.0 Å². The molecule has 0 radical (unpaired) electrons. The predicted molar refractivity (Wildman–Crippen MR) is 101 cm³/mol. The molecule has 0 bridgehead atoms. The van der Waals surface area contributed by atoms with Crippen LogP contribution in [-0.2, 0) is 22.8 Å². The number of hydrogen-bond acceptors (Lipinski definition) is 3. The minimum absolute atomic E-state index is 0.00161. The zero-order valence-corrected chi connectivity index (χ0v) is 16.0. The highest BCUT2D eigenvalue weighted by Gasteiger charge is 2.48. The van der Waals surface area contributed by atoms with E-state index in [2.05, 4.69) is 4.90 Å². The van der Waals surface area contributed by atoms with Crippen LogP contribution in [0.3, 0.4) is 0 Å². The third-order valence-corrected chi connectivity index (χ3v) is 5.96. The first kappa shape index (κ1) is 19.9. The Morgan fingerprint density at radius 3 is 2.41 bits per heavy atom. The van der Waals surface area contributed by atoms with E-state index < -0.39 is 17.2 Å². The smallest absolute Gasteiger partial charge is 0.246 e. The normalized spacial score (nSPS) is 19.3. The first-order chi connectivity index (χ1) is 14.0. The molecular weight excluding hydrogens is 381 g/mol. The van der Waals surface area contributed by atoms with Crippen LogP contribution in [0.1, 0.15) is 36.8 Å². The van der Waals surface area contributed by atoms with E-state index in [1.807, 2.05) is 0 Å². The number of likely N-dealkylation sites (tertiary alicyclic amines) is 1. The van der Waals surface area contributed by atoms with Gasteiger partial charge in [-0.3, -0.25) is 14.5 Å². The summed E-state index contributed by atoms with van der Waals surface area (Å²) in [6.45, 7) is 1.60. The lowest BCUT2D eigenvalue weighted by Gasteiger charge is -2.43. The van der Waals surface area contributed by atoms with Crippen LogP contribution in [0, 0.1) is 17.5 Å². The van der Waals surface area contributed by atoms with Gasteiger partial charge in [-0.1, -0.05) is 18.2 Å². The Balaban J connectivity index is 1.40. The van der Waals surface area contributed by atoms with Crippen LogP contribution in [0.2, 0.25) is 0 Å². The Morgan fingerprint density at radius 2 is 1.66 bits per heavy atom. The maximum atomic E-state index is 13.9. The molecule has 0 unspecified atom stereocenters. The fourth-order valence-electron chi connectivity index (χ4n) is 4.25. The van der Waals surface area contributed by atoms with Crippen molar-refractivity contribution in [2.24, 2.45) is 0 Å². The van der Waals surface area contributed by atoms with Crippen molar-refractivity contribution in [1.29, 1.82) is 0 Å². The molecule has 4 nitrogen and oxygen atoms in total. The third-order valence-electron chi connectivity index (χ3n) is 5.96. The van der Waals surface area contributed by atoms with Gasteiger partial charge < -0.3 is 0 Å². The highest BCUT2D eigenvalue weighted by molar-refractivity contribution is 5.78. The third kappa shape index (κ3) is 4.16. The van der Waals surface area contributed by atoms with Gasteiger partial charge in [-0.25, -0.2) is 18.2 Å². The van der Waals surface area contributed by atoms with Crippen LogP contribution in [-0.4, -0.2) is 34.5 Å². The maximum absolute atomic E-state index is 13.9. The van der Waals surface area contributed by atoms with E-state index in [9.17, 15) is 18.0 Å². The molecule has 2 fully saturated rings. The van der Waals surface area contributed by atoms with Crippen molar-refractivity contribution in [1.82, 2.24) is 9.96 Å². The summed E-state index contributed by atoms with van der Waals surface area (Å²) >= 11 is 0. The molecule has 2 aromatic carbocycles. The molecule has 0 aliphatic carbocycles. The van der Waals surface area contributed by atoms with Crippen molar-refractivity contribution >= 4 is 5.91 Å². The lowest BCUT2D eigenvalue weighted by Crippen LogP contribution is -2.52. The molecule has 2 aromatic rings. The number of carbonyl (C=O) groups excluding carboxylic acids is 1. The van der Waals surface area contributed by atoms with Crippen LogP contribution in [0.25, 0.3) is 0 Å². The van der Waals surface area contributed by atoms with Crippen molar-refractivity contribution in [2.75, 3.05) is 13.1 Å². The summed E-state index contributed by atoms with van der Waals surface area (Å²) in [5, 5.41) is 1.44. The molecule has 1 amide bonds. The van der Waals surface area contributed by atoms with Crippen LogP contribution in [0.4, 0.5) is 13.2 Å². The molecule has 0 aromatic heterocycles. The predicted octanol–water partition coefficient (Wildman–Crippen LogP) is 4.19. The molecule has 7 heteroatoms. The second-order valence-electron chi connectivity index (χ2n) is 7.79. The Labute approximate surface area is 167 Å². The Hall–Kier alpha value is -2.38. The van der Waals surface area contributed by atoms with Gasteiger partial charge >= 0.3 is 0 Å². The van der Waals surface area contributed by atoms with E-state index in [1.54, 1.807) is 18.2 Å². The van der Waals surface area contributed by atoms with Gasteiger partial charge in [0.2, 0.25) is 5.91 Å². The SMILES string of the molecule is O=C1CCC2(CCN(Cc3cc(F)ccc3F)CC2)N1OCc1ccccc1F. The summed E-state index contributed by atoms with van der Waals surface area (Å²) < 4.78 is 41.2. The van der Waals surface area contributed by atoms with E-state index in [0.29, 0.717) is 56.4 Å². The van der Waals surface area contributed by atoms with E-state index in [1.165, 1.54) is 17.2 Å². The van der Waals surface area contributed by atoms with Gasteiger partial charge in [0.1, 0.15) is 24.1 Å². The number of carbonyl (C=O) groups is 1. The number of halogens is 3. The van der Waals surface area contributed by atoms with E-state index in [0.717, 1.165) is 12.1 Å². The van der Waals surface area contributed by atoms with E-state index in [-0.39, 0.29) is 18.3 Å². The number of hydrogen-bond donors (Lipinski definition) is 0. The molecule has 0 saturated carbocycles. The van der Waals surface area contributed by atoms with Gasteiger partial charge in [0.05, 0.1) is 5.54 Å². The summed E-state index contributed by atoms with van der Waals surface area (Å²) in [7, 11) is 0. The number of piperidine rings is 1. The van der Waals surface area contributed by atoms with E-state index in [4.69, 9.17) is 4.84 Å². The molecule has 2 aliphatic rings. The minimum Gasteiger partial charge on any atom is -0.299 e. The summed E-state index contributed by atoms with van der Waals surface area (Å²) in [5.74, 6) is -1.33. The Kier molecular flexibility index (Phi) is 5.61. The first-order valence-electron chi connectivity index (χ1n) is 9.82. The lowest BCUT2D eigenvalue weighted by atomic mass is 9.86. The standard InChI is InChI=1S/C22H23F3N2O2/c23-18-5-6-20(25)17(13-18)14-26-11-9-22(10-12-26)8-7-21(28)27(22)29-15-16-3-1-2-4-19(16)24/h1-6,13H,7-12,14-15H2.